The first-order chi connectivity index (χ1) is 10.7. The van der Waals surface area contributed by atoms with Crippen LogP contribution in [0.1, 0.15) is 5.56 Å². The van der Waals surface area contributed by atoms with Crippen LogP contribution in [0.25, 0.3) is 0 Å². The van der Waals surface area contributed by atoms with E-state index in [1.807, 2.05) is 36.4 Å². The van der Waals surface area contributed by atoms with E-state index in [-0.39, 0.29) is 18.8 Å². The SMILES string of the molecule is O=C(OCc1ccccc1)N1CC(Oc2ccc(Br)cn2)C1. The molecule has 0 radical (unpaired) electrons. The van der Waals surface area contributed by atoms with Crippen LogP contribution in [-0.2, 0) is 11.3 Å². The van der Waals surface area contributed by atoms with Crippen molar-refractivity contribution in [3.63, 3.8) is 0 Å². The quantitative estimate of drug-likeness (QED) is 0.837. The molecule has 1 saturated heterocycles. The highest BCUT2D eigenvalue weighted by Gasteiger charge is 2.33. The van der Waals surface area contributed by atoms with Crippen LogP contribution in [0.2, 0.25) is 0 Å². The van der Waals surface area contributed by atoms with Gasteiger partial charge in [0, 0.05) is 16.7 Å². The van der Waals surface area contributed by atoms with Gasteiger partial charge >= 0.3 is 6.09 Å². The van der Waals surface area contributed by atoms with Gasteiger partial charge < -0.3 is 14.4 Å². The molecule has 22 heavy (non-hydrogen) atoms. The number of aromatic nitrogens is 1. The Balaban J connectivity index is 1.41. The minimum absolute atomic E-state index is 0.0297. The molecule has 0 unspecified atom stereocenters. The van der Waals surface area contributed by atoms with E-state index in [9.17, 15) is 4.79 Å². The third-order valence-corrected chi connectivity index (χ3v) is 3.77. The van der Waals surface area contributed by atoms with Crippen molar-refractivity contribution in [2.75, 3.05) is 13.1 Å². The molecule has 6 heteroatoms. The standard InChI is InChI=1S/C16H15BrN2O3/c17-13-6-7-15(18-8-13)22-14-9-19(10-14)16(20)21-11-12-4-2-1-3-5-12/h1-8,14H,9-11H2. The van der Waals surface area contributed by atoms with Gasteiger partial charge in [0.25, 0.3) is 0 Å². The normalized spacial score (nSPS) is 14.3. The van der Waals surface area contributed by atoms with Gasteiger partial charge in [0.1, 0.15) is 12.7 Å². The van der Waals surface area contributed by atoms with Gasteiger partial charge in [0.15, 0.2) is 0 Å². The highest BCUT2D eigenvalue weighted by molar-refractivity contribution is 9.10. The van der Waals surface area contributed by atoms with E-state index in [1.54, 1.807) is 17.2 Å². The largest absolute Gasteiger partial charge is 0.471 e. The van der Waals surface area contributed by atoms with E-state index in [4.69, 9.17) is 9.47 Å². The van der Waals surface area contributed by atoms with Gasteiger partial charge in [-0.05, 0) is 27.6 Å². The highest BCUT2D eigenvalue weighted by Crippen LogP contribution is 2.18. The predicted molar refractivity (Wildman–Crippen MR) is 84.6 cm³/mol. The molecule has 1 aliphatic heterocycles. The Labute approximate surface area is 137 Å². The van der Waals surface area contributed by atoms with Crippen molar-refractivity contribution in [2.24, 2.45) is 0 Å². The van der Waals surface area contributed by atoms with Crippen molar-refractivity contribution in [3.05, 3.63) is 58.7 Å². The van der Waals surface area contributed by atoms with E-state index in [1.165, 1.54) is 0 Å². The number of rotatable bonds is 4. The van der Waals surface area contributed by atoms with E-state index in [2.05, 4.69) is 20.9 Å². The zero-order chi connectivity index (χ0) is 15.4. The maximum Gasteiger partial charge on any atom is 0.410 e. The molecule has 0 bridgehead atoms. The van der Waals surface area contributed by atoms with Crippen LogP contribution in [-0.4, -0.2) is 35.2 Å². The Morgan fingerprint density at radius 2 is 2.00 bits per heavy atom. The van der Waals surface area contributed by atoms with Crippen molar-refractivity contribution < 1.29 is 14.3 Å². The molecular weight excluding hydrogens is 348 g/mol. The highest BCUT2D eigenvalue weighted by atomic mass is 79.9. The summed E-state index contributed by atoms with van der Waals surface area (Å²) < 4.78 is 11.8. The first kappa shape index (κ1) is 14.8. The van der Waals surface area contributed by atoms with E-state index < -0.39 is 0 Å². The average Bonchev–Trinajstić information content (AvgIpc) is 2.51. The first-order valence-electron chi connectivity index (χ1n) is 6.94. The first-order valence-corrected chi connectivity index (χ1v) is 7.74. The van der Waals surface area contributed by atoms with E-state index >= 15 is 0 Å². The van der Waals surface area contributed by atoms with E-state index in [0.717, 1.165) is 10.0 Å². The molecule has 1 aromatic heterocycles. The third kappa shape index (κ3) is 3.76. The van der Waals surface area contributed by atoms with Crippen molar-refractivity contribution in [1.82, 2.24) is 9.88 Å². The molecule has 3 rings (SSSR count). The van der Waals surface area contributed by atoms with Gasteiger partial charge in [-0.3, -0.25) is 0 Å². The van der Waals surface area contributed by atoms with Gasteiger partial charge in [-0.15, -0.1) is 0 Å². The average molecular weight is 363 g/mol. The summed E-state index contributed by atoms with van der Waals surface area (Å²) in [5, 5.41) is 0. The maximum atomic E-state index is 11.9. The fourth-order valence-corrected chi connectivity index (χ4v) is 2.31. The monoisotopic (exact) mass is 362 g/mol. The number of nitrogens with zero attached hydrogens (tertiary/aromatic N) is 2. The summed E-state index contributed by atoms with van der Waals surface area (Å²) in [6.07, 6.45) is 1.34. The van der Waals surface area contributed by atoms with Crippen LogP contribution < -0.4 is 4.74 Å². The van der Waals surface area contributed by atoms with Crippen molar-refractivity contribution in [1.29, 1.82) is 0 Å². The summed E-state index contributed by atoms with van der Waals surface area (Å²) in [6.45, 7) is 1.33. The lowest BCUT2D eigenvalue weighted by Gasteiger charge is -2.37. The molecule has 1 amide bonds. The van der Waals surface area contributed by atoms with Crippen molar-refractivity contribution in [2.45, 2.75) is 12.7 Å². The number of hydrogen-bond donors (Lipinski definition) is 0. The summed E-state index contributed by atoms with van der Waals surface area (Å²) in [6, 6.07) is 13.3. The molecule has 1 aromatic carbocycles. The third-order valence-electron chi connectivity index (χ3n) is 3.30. The van der Waals surface area contributed by atoms with Gasteiger partial charge in [-0.25, -0.2) is 9.78 Å². The Bertz CT molecular complexity index is 628. The number of carbonyl (C=O) groups is 1. The summed E-state index contributed by atoms with van der Waals surface area (Å²) in [4.78, 5) is 17.6. The molecule has 0 N–H and O–H groups in total. The van der Waals surface area contributed by atoms with Gasteiger partial charge in [0.2, 0.25) is 5.88 Å². The lowest BCUT2D eigenvalue weighted by Crippen LogP contribution is -2.56. The second-order valence-corrected chi connectivity index (χ2v) is 5.92. The predicted octanol–water partition coefficient (Wildman–Crippen LogP) is 3.24. The minimum atomic E-state index is -0.313. The minimum Gasteiger partial charge on any atom is -0.471 e. The number of hydrogen-bond acceptors (Lipinski definition) is 4. The zero-order valence-corrected chi connectivity index (χ0v) is 13.4. The fourth-order valence-electron chi connectivity index (χ4n) is 2.08. The second-order valence-electron chi connectivity index (χ2n) is 5.00. The van der Waals surface area contributed by atoms with Crippen LogP contribution in [0.3, 0.4) is 0 Å². The molecule has 1 fully saturated rings. The summed E-state index contributed by atoms with van der Waals surface area (Å²) >= 11 is 3.32. The molecule has 114 valence electrons. The number of carbonyl (C=O) groups excluding carboxylic acids is 1. The van der Waals surface area contributed by atoms with Crippen LogP contribution in [0, 0.1) is 0 Å². The smallest absolute Gasteiger partial charge is 0.410 e. The lowest BCUT2D eigenvalue weighted by atomic mass is 10.2. The zero-order valence-electron chi connectivity index (χ0n) is 11.8. The maximum absolute atomic E-state index is 11.9. The second kappa shape index (κ2) is 6.79. The molecule has 0 saturated carbocycles. The Kier molecular flexibility index (Phi) is 4.58. The number of amides is 1. The topological polar surface area (TPSA) is 51.7 Å². The molecule has 0 spiro atoms. The fraction of sp³-hybridized carbons (Fsp3) is 0.250. The molecule has 2 heterocycles. The van der Waals surface area contributed by atoms with Crippen LogP contribution in [0.5, 0.6) is 5.88 Å². The molecule has 0 atom stereocenters. The van der Waals surface area contributed by atoms with E-state index in [0.29, 0.717) is 19.0 Å². The molecular formula is C16H15BrN2O3. The number of pyridine rings is 1. The van der Waals surface area contributed by atoms with Crippen molar-refractivity contribution >= 4 is 22.0 Å². The Hall–Kier alpha value is -2.08. The van der Waals surface area contributed by atoms with Gasteiger partial charge in [0.05, 0.1) is 13.1 Å². The van der Waals surface area contributed by atoms with Crippen LogP contribution in [0.4, 0.5) is 4.79 Å². The number of benzene rings is 1. The van der Waals surface area contributed by atoms with Crippen LogP contribution in [0.15, 0.2) is 53.1 Å². The van der Waals surface area contributed by atoms with Gasteiger partial charge in [-0.2, -0.15) is 0 Å². The van der Waals surface area contributed by atoms with Crippen LogP contribution >= 0.6 is 15.9 Å². The molecule has 1 aliphatic rings. The molecule has 2 aromatic rings. The van der Waals surface area contributed by atoms with Crippen molar-refractivity contribution in [3.8, 4) is 5.88 Å². The Morgan fingerprint density at radius 3 is 2.68 bits per heavy atom. The number of likely N-dealkylation sites (tertiary alicyclic amines) is 1. The lowest BCUT2D eigenvalue weighted by molar-refractivity contribution is 0.00679. The van der Waals surface area contributed by atoms with Gasteiger partial charge in [-0.1, -0.05) is 30.3 Å². The molecule has 0 aliphatic carbocycles. The Morgan fingerprint density at radius 1 is 1.23 bits per heavy atom. The molecule has 5 nitrogen and oxygen atoms in total. The number of halogens is 1. The summed E-state index contributed by atoms with van der Waals surface area (Å²) in [5.41, 5.74) is 0.975. The summed E-state index contributed by atoms with van der Waals surface area (Å²) in [5.74, 6) is 0.561. The number of ether oxygens (including phenoxy) is 2. The summed E-state index contributed by atoms with van der Waals surface area (Å²) in [7, 11) is 0.